The van der Waals surface area contributed by atoms with E-state index in [1.54, 1.807) is 0 Å². The second kappa shape index (κ2) is 5.80. The average molecular weight is 279 g/mol. The molecule has 1 saturated heterocycles. The molecule has 2 unspecified atom stereocenters. The van der Waals surface area contributed by atoms with Crippen LogP contribution in [-0.4, -0.2) is 25.1 Å². The molecule has 2 atom stereocenters. The molecule has 106 valence electrons. The Bertz CT molecular complexity index is 429. The highest BCUT2D eigenvalue weighted by Crippen LogP contribution is 2.39. The van der Waals surface area contributed by atoms with E-state index in [2.05, 4.69) is 24.2 Å². The van der Waals surface area contributed by atoms with E-state index in [-0.39, 0.29) is 0 Å². The number of fused-ring (bicyclic) bond motifs is 1. The standard InChI is InChI=1S/C15H25N3S/c1-3-5-11-8-9-18(10-11)15-17-13-7-4-6-12(16-2)14(13)19-15/h11-12,16H,3-10H2,1-2H3. The van der Waals surface area contributed by atoms with Gasteiger partial charge in [0.1, 0.15) is 0 Å². The Morgan fingerprint density at radius 2 is 2.32 bits per heavy atom. The van der Waals surface area contributed by atoms with Crippen LogP contribution in [0.3, 0.4) is 0 Å². The number of hydrogen-bond donors (Lipinski definition) is 1. The van der Waals surface area contributed by atoms with Crippen molar-refractivity contribution in [2.24, 2.45) is 5.92 Å². The Balaban J connectivity index is 1.74. The van der Waals surface area contributed by atoms with Crippen LogP contribution in [0.4, 0.5) is 5.13 Å². The normalized spacial score (nSPS) is 26.7. The van der Waals surface area contributed by atoms with Gasteiger partial charge in [-0.1, -0.05) is 24.7 Å². The molecule has 1 fully saturated rings. The summed E-state index contributed by atoms with van der Waals surface area (Å²) < 4.78 is 0. The number of nitrogens with zero attached hydrogens (tertiary/aromatic N) is 2. The fourth-order valence-corrected chi connectivity index (χ4v) is 4.76. The lowest BCUT2D eigenvalue weighted by molar-refractivity contribution is 0.501. The second-order valence-electron chi connectivity index (χ2n) is 5.93. The summed E-state index contributed by atoms with van der Waals surface area (Å²) in [6.07, 6.45) is 7.77. The molecule has 1 aliphatic carbocycles. The van der Waals surface area contributed by atoms with E-state index in [4.69, 9.17) is 4.98 Å². The summed E-state index contributed by atoms with van der Waals surface area (Å²) in [6.45, 7) is 4.73. The lowest BCUT2D eigenvalue weighted by Gasteiger charge is -2.19. The summed E-state index contributed by atoms with van der Waals surface area (Å²) in [5, 5.41) is 4.73. The van der Waals surface area contributed by atoms with Crippen molar-refractivity contribution >= 4 is 16.5 Å². The minimum atomic E-state index is 0.545. The summed E-state index contributed by atoms with van der Waals surface area (Å²) in [5.74, 6) is 0.894. The summed E-state index contributed by atoms with van der Waals surface area (Å²) in [7, 11) is 2.08. The van der Waals surface area contributed by atoms with E-state index >= 15 is 0 Å². The van der Waals surface area contributed by atoms with Crippen molar-refractivity contribution in [2.45, 2.75) is 51.5 Å². The van der Waals surface area contributed by atoms with Crippen molar-refractivity contribution in [3.05, 3.63) is 10.6 Å². The van der Waals surface area contributed by atoms with Gasteiger partial charge in [0.05, 0.1) is 5.69 Å². The Morgan fingerprint density at radius 1 is 1.42 bits per heavy atom. The zero-order valence-electron chi connectivity index (χ0n) is 12.1. The van der Waals surface area contributed by atoms with Gasteiger partial charge in [-0.15, -0.1) is 0 Å². The Morgan fingerprint density at radius 3 is 3.11 bits per heavy atom. The number of rotatable bonds is 4. The molecule has 2 heterocycles. The third kappa shape index (κ3) is 2.65. The van der Waals surface area contributed by atoms with Crippen LogP contribution in [-0.2, 0) is 6.42 Å². The SMILES string of the molecule is CCCC1CCN(c2nc3c(s2)C(NC)CCC3)C1. The molecule has 0 aromatic carbocycles. The smallest absolute Gasteiger partial charge is 0.185 e. The zero-order chi connectivity index (χ0) is 13.2. The van der Waals surface area contributed by atoms with E-state index in [1.807, 2.05) is 11.3 Å². The minimum Gasteiger partial charge on any atom is -0.348 e. The first kappa shape index (κ1) is 13.4. The molecule has 1 aromatic heterocycles. The van der Waals surface area contributed by atoms with Crippen molar-refractivity contribution in [2.75, 3.05) is 25.0 Å². The van der Waals surface area contributed by atoms with Gasteiger partial charge in [-0.3, -0.25) is 0 Å². The number of aromatic nitrogens is 1. The van der Waals surface area contributed by atoms with Gasteiger partial charge in [-0.05, 0) is 45.1 Å². The third-order valence-corrected chi connectivity index (χ3v) is 5.81. The van der Waals surface area contributed by atoms with Gasteiger partial charge in [-0.2, -0.15) is 0 Å². The fourth-order valence-electron chi connectivity index (χ4n) is 3.47. The monoisotopic (exact) mass is 279 g/mol. The van der Waals surface area contributed by atoms with Gasteiger partial charge >= 0.3 is 0 Å². The maximum absolute atomic E-state index is 4.93. The molecule has 19 heavy (non-hydrogen) atoms. The maximum Gasteiger partial charge on any atom is 0.185 e. The summed E-state index contributed by atoms with van der Waals surface area (Å²) in [4.78, 5) is 8.96. The van der Waals surface area contributed by atoms with Crippen molar-refractivity contribution in [1.29, 1.82) is 0 Å². The molecule has 0 amide bonds. The Labute approximate surface area is 120 Å². The summed E-state index contributed by atoms with van der Waals surface area (Å²) in [5.41, 5.74) is 1.37. The number of nitrogens with one attached hydrogen (secondary N) is 1. The zero-order valence-corrected chi connectivity index (χ0v) is 12.9. The molecule has 3 rings (SSSR count). The minimum absolute atomic E-state index is 0.545. The molecule has 0 bridgehead atoms. The van der Waals surface area contributed by atoms with E-state index in [1.165, 1.54) is 67.3 Å². The van der Waals surface area contributed by atoms with E-state index in [9.17, 15) is 0 Å². The Hall–Kier alpha value is -0.610. The number of hydrogen-bond acceptors (Lipinski definition) is 4. The van der Waals surface area contributed by atoms with E-state index in [0.717, 1.165) is 5.92 Å². The van der Waals surface area contributed by atoms with Gasteiger partial charge < -0.3 is 10.2 Å². The van der Waals surface area contributed by atoms with Gasteiger partial charge in [-0.25, -0.2) is 4.98 Å². The van der Waals surface area contributed by atoms with Crippen LogP contribution in [0.5, 0.6) is 0 Å². The van der Waals surface area contributed by atoms with Crippen molar-refractivity contribution in [1.82, 2.24) is 10.3 Å². The summed E-state index contributed by atoms with van der Waals surface area (Å²) >= 11 is 1.94. The van der Waals surface area contributed by atoms with E-state index in [0.29, 0.717) is 6.04 Å². The van der Waals surface area contributed by atoms with Gasteiger partial charge in [0.25, 0.3) is 0 Å². The van der Waals surface area contributed by atoms with Crippen LogP contribution in [0.25, 0.3) is 0 Å². The molecular formula is C15H25N3S. The third-order valence-electron chi connectivity index (χ3n) is 4.54. The maximum atomic E-state index is 4.93. The molecule has 1 aliphatic heterocycles. The second-order valence-corrected chi connectivity index (χ2v) is 6.94. The van der Waals surface area contributed by atoms with E-state index < -0.39 is 0 Å². The molecular weight excluding hydrogens is 254 g/mol. The van der Waals surface area contributed by atoms with Gasteiger partial charge in [0.15, 0.2) is 5.13 Å². The quantitative estimate of drug-likeness (QED) is 0.916. The highest BCUT2D eigenvalue weighted by molar-refractivity contribution is 7.15. The number of anilines is 1. The highest BCUT2D eigenvalue weighted by atomic mass is 32.1. The molecule has 0 radical (unpaired) electrons. The largest absolute Gasteiger partial charge is 0.348 e. The first-order valence-corrected chi connectivity index (χ1v) is 8.55. The van der Waals surface area contributed by atoms with Crippen LogP contribution >= 0.6 is 11.3 Å². The fraction of sp³-hybridized carbons (Fsp3) is 0.800. The van der Waals surface area contributed by atoms with Crippen LogP contribution in [0.1, 0.15) is 55.6 Å². The topological polar surface area (TPSA) is 28.2 Å². The van der Waals surface area contributed by atoms with Crippen molar-refractivity contribution in [3.8, 4) is 0 Å². The van der Waals surface area contributed by atoms with Crippen LogP contribution in [0, 0.1) is 5.92 Å². The molecule has 0 spiro atoms. The lowest BCUT2D eigenvalue weighted by Crippen LogP contribution is -2.20. The molecule has 2 aliphatic rings. The number of aryl methyl sites for hydroxylation is 1. The average Bonchev–Trinajstić information content (AvgIpc) is 3.04. The molecule has 1 N–H and O–H groups in total. The van der Waals surface area contributed by atoms with Crippen LogP contribution < -0.4 is 10.2 Å². The first-order chi connectivity index (χ1) is 9.31. The number of thiazole rings is 1. The van der Waals surface area contributed by atoms with Gasteiger partial charge in [0.2, 0.25) is 0 Å². The summed E-state index contributed by atoms with van der Waals surface area (Å²) in [6, 6.07) is 0.545. The molecule has 4 heteroatoms. The lowest BCUT2D eigenvalue weighted by atomic mass is 9.98. The van der Waals surface area contributed by atoms with Gasteiger partial charge in [0, 0.05) is 24.0 Å². The van der Waals surface area contributed by atoms with Crippen LogP contribution in [0.15, 0.2) is 0 Å². The predicted octanol–water partition coefficient (Wildman–Crippen LogP) is 3.37. The van der Waals surface area contributed by atoms with Crippen LogP contribution in [0.2, 0.25) is 0 Å². The molecule has 0 saturated carbocycles. The Kier molecular flexibility index (Phi) is 4.08. The highest BCUT2D eigenvalue weighted by Gasteiger charge is 2.28. The molecule has 3 nitrogen and oxygen atoms in total. The van der Waals surface area contributed by atoms with Crippen molar-refractivity contribution in [3.63, 3.8) is 0 Å². The molecule has 1 aromatic rings. The predicted molar refractivity (Wildman–Crippen MR) is 82.1 cm³/mol. The first-order valence-electron chi connectivity index (χ1n) is 7.73. The van der Waals surface area contributed by atoms with Crippen molar-refractivity contribution < 1.29 is 0 Å².